The summed E-state index contributed by atoms with van der Waals surface area (Å²) in [5.41, 5.74) is 0.687. The lowest BCUT2D eigenvalue weighted by atomic mass is 10.1. The summed E-state index contributed by atoms with van der Waals surface area (Å²) in [5.74, 6) is 2.87. The van der Waals surface area contributed by atoms with Crippen molar-refractivity contribution in [2.75, 3.05) is 34.4 Å². The van der Waals surface area contributed by atoms with Crippen LogP contribution in [0.4, 0.5) is 0 Å². The molecule has 0 saturated heterocycles. The summed E-state index contributed by atoms with van der Waals surface area (Å²) >= 11 is 0. The highest BCUT2D eigenvalue weighted by Gasteiger charge is 2.16. The fourth-order valence-corrected chi connectivity index (χ4v) is 2.59. The number of nitrogens with one attached hydrogen (secondary N) is 2. The summed E-state index contributed by atoms with van der Waals surface area (Å²) in [5, 5.41) is 10.7. The molecule has 0 unspecified atom stereocenters. The van der Waals surface area contributed by atoms with Crippen LogP contribution in [0.3, 0.4) is 0 Å². The largest absolute Gasteiger partial charge is 0.497 e. The van der Waals surface area contributed by atoms with Gasteiger partial charge in [-0.05, 0) is 51.0 Å². The number of benzene rings is 1. The van der Waals surface area contributed by atoms with Crippen LogP contribution in [-0.4, -0.2) is 56.1 Å². The molecule has 0 atom stereocenters. The molecule has 0 bridgehead atoms. The van der Waals surface area contributed by atoms with Crippen molar-refractivity contribution < 1.29 is 14.0 Å². The van der Waals surface area contributed by atoms with Gasteiger partial charge in [0.2, 0.25) is 11.7 Å². The molecule has 0 aliphatic carbocycles. The van der Waals surface area contributed by atoms with E-state index in [0.717, 1.165) is 49.5 Å². The van der Waals surface area contributed by atoms with Gasteiger partial charge in [0.1, 0.15) is 5.75 Å². The second-order valence-electron chi connectivity index (χ2n) is 7.37. The van der Waals surface area contributed by atoms with Gasteiger partial charge in [-0.15, -0.1) is 24.0 Å². The van der Waals surface area contributed by atoms with Crippen LogP contribution in [0.25, 0.3) is 11.4 Å². The Morgan fingerprint density at radius 1 is 1.10 bits per heavy atom. The van der Waals surface area contributed by atoms with Gasteiger partial charge in [-0.1, -0.05) is 11.6 Å². The normalized spacial score (nSPS) is 11.7. The number of methoxy groups -OCH3 is 2. The quantitative estimate of drug-likeness (QED) is 0.198. The van der Waals surface area contributed by atoms with Crippen LogP contribution in [0, 0.1) is 0 Å². The summed E-state index contributed by atoms with van der Waals surface area (Å²) in [6.07, 6.45) is 3.87. The summed E-state index contributed by atoms with van der Waals surface area (Å²) in [7, 11) is 5.12. The smallest absolute Gasteiger partial charge is 0.226 e. The molecule has 0 spiro atoms. The number of hydrogen-bond acceptors (Lipinski definition) is 6. The Hall–Kier alpha value is -1.88. The zero-order valence-electron chi connectivity index (χ0n) is 18.5. The van der Waals surface area contributed by atoms with E-state index in [1.54, 1.807) is 21.3 Å². The van der Waals surface area contributed by atoms with Gasteiger partial charge in [-0.3, -0.25) is 4.99 Å². The van der Waals surface area contributed by atoms with E-state index in [2.05, 4.69) is 25.8 Å². The van der Waals surface area contributed by atoms with E-state index in [0.29, 0.717) is 18.3 Å². The van der Waals surface area contributed by atoms with Crippen molar-refractivity contribution in [1.29, 1.82) is 0 Å². The fraction of sp³-hybridized carbons (Fsp3) is 0.571. The maximum Gasteiger partial charge on any atom is 0.226 e. The summed E-state index contributed by atoms with van der Waals surface area (Å²) in [6, 6.07) is 7.62. The Morgan fingerprint density at radius 2 is 1.83 bits per heavy atom. The van der Waals surface area contributed by atoms with Gasteiger partial charge in [0.25, 0.3) is 0 Å². The highest BCUT2D eigenvalue weighted by atomic mass is 127. The first kappa shape index (κ1) is 26.2. The van der Waals surface area contributed by atoms with Gasteiger partial charge < -0.3 is 24.6 Å². The third kappa shape index (κ3) is 8.86. The number of rotatable bonds is 11. The van der Waals surface area contributed by atoms with Crippen molar-refractivity contribution in [2.45, 2.75) is 45.1 Å². The molecular formula is C21H34IN5O3. The molecule has 0 aliphatic rings. The summed E-state index contributed by atoms with van der Waals surface area (Å²) in [4.78, 5) is 8.71. The number of nitrogens with zero attached hydrogens (tertiary/aromatic N) is 3. The highest BCUT2D eigenvalue weighted by Crippen LogP contribution is 2.20. The van der Waals surface area contributed by atoms with E-state index >= 15 is 0 Å². The molecule has 0 radical (unpaired) electrons. The van der Waals surface area contributed by atoms with E-state index in [-0.39, 0.29) is 29.6 Å². The van der Waals surface area contributed by atoms with Crippen molar-refractivity contribution in [3.63, 3.8) is 0 Å². The predicted molar refractivity (Wildman–Crippen MR) is 130 cm³/mol. The number of aryl methyl sites for hydroxylation is 1. The Bertz CT molecular complexity index is 762. The number of guanidine groups is 1. The van der Waals surface area contributed by atoms with E-state index in [4.69, 9.17) is 14.0 Å². The van der Waals surface area contributed by atoms with E-state index in [9.17, 15) is 0 Å². The molecule has 8 nitrogen and oxygen atoms in total. The molecule has 1 aromatic heterocycles. The molecule has 1 aromatic carbocycles. The lowest BCUT2D eigenvalue weighted by Gasteiger charge is -2.24. The second-order valence-corrected chi connectivity index (χ2v) is 7.37. The van der Waals surface area contributed by atoms with Crippen LogP contribution in [0.1, 0.15) is 39.0 Å². The van der Waals surface area contributed by atoms with Gasteiger partial charge >= 0.3 is 0 Å². The predicted octanol–water partition coefficient (Wildman–Crippen LogP) is 3.67. The number of hydrogen-bond donors (Lipinski definition) is 2. The standard InChI is InChI=1S/C21H33N5O3.HI/c1-21(2,28-5)15-24-20(22-3)23-14-8-6-7-9-18-25-19(26-29-18)16-10-12-17(27-4)13-11-16;/h10-13H,6-9,14-15H2,1-5H3,(H2,22,23,24);1H. The van der Waals surface area contributed by atoms with Gasteiger partial charge in [-0.25, -0.2) is 0 Å². The topological polar surface area (TPSA) is 93.8 Å². The molecule has 168 valence electrons. The summed E-state index contributed by atoms with van der Waals surface area (Å²) < 4.78 is 15.9. The minimum absolute atomic E-state index is 0. The Labute approximate surface area is 196 Å². The third-order valence-electron chi connectivity index (χ3n) is 4.63. The Morgan fingerprint density at radius 3 is 2.47 bits per heavy atom. The van der Waals surface area contributed by atoms with Crippen molar-refractivity contribution in [3.05, 3.63) is 30.2 Å². The number of halogens is 1. The molecule has 2 rings (SSSR count). The van der Waals surface area contributed by atoms with Crippen LogP contribution in [0.2, 0.25) is 0 Å². The number of aliphatic imine (C=N–C) groups is 1. The molecule has 9 heteroatoms. The maximum atomic E-state index is 5.40. The van der Waals surface area contributed by atoms with Gasteiger partial charge in [0, 0.05) is 39.2 Å². The monoisotopic (exact) mass is 531 g/mol. The molecule has 0 fully saturated rings. The lowest BCUT2D eigenvalue weighted by Crippen LogP contribution is -2.45. The minimum atomic E-state index is -0.230. The first-order valence-electron chi connectivity index (χ1n) is 9.94. The van der Waals surface area contributed by atoms with Crippen molar-refractivity contribution in [1.82, 2.24) is 20.8 Å². The molecule has 30 heavy (non-hydrogen) atoms. The second kappa shape index (κ2) is 13.4. The van der Waals surface area contributed by atoms with Crippen molar-refractivity contribution >= 4 is 29.9 Å². The van der Waals surface area contributed by atoms with Crippen LogP contribution in [0.5, 0.6) is 5.75 Å². The average molecular weight is 531 g/mol. The van der Waals surface area contributed by atoms with E-state index in [1.807, 2.05) is 38.1 Å². The van der Waals surface area contributed by atoms with Crippen LogP contribution < -0.4 is 15.4 Å². The van der Waals surface area contributed by atoms with Crippen molar-refractivity contribution in [3.8, 4) is 17.1 Å². The molecular weight excluding hydrogens is 497 g/mol. The third-order valence-corrected chi connectivity index (χ3v) is 4.63. The Kier molecular flexibility index (Phi) is 11.7. The lowest BCUT2D eigenvalue weighted by molar-refractivity contribution is 0.0268. The SMILES string of the molecule is CN=C(NCCCCCc1nc(-c2ccc(OC)cc2)no1)NCC(C)(C)OC.I. The number of ether oxygens (including phenoxy) is 2. The van der Waals surface area contributed by atoms with E-state index in [1.165, 1.54) is 0 Å². The van der Waals surface area contributed by atoms with Crippen LogP contribution >= 0.6 is 24.0 Å². The Balaban J connectivity index is 0.00000450. The molecule has 1 heterocycles. The van der Waals surface area contributed by atoms with Crippen molar-refractivity contribution in [2.24, 2.45) is 4.99 Å². The highest BCUT2D eigenvalue weighted by molar-refractivity contribution is 14.0. The zero-order valence-corrected chi connectivity index (χ0v) is 20.9. The van der Waals surface area contributed by atoms with Gasteiger partial charge in [0.05, 0.1) is 12.7 Å². The van der Waals surface area contributed by atoms with Crippen LogP contribution in [0.15, 0.2) is 33.8 Å². The van der Waals surface area contributed by atoms with Gasteiger partial charge in [0.15, 0.2) is 5.96 Å². The zero-order chi connectivity index (χ0) is 21.1. The molecule has 0 amide bonds. The molecule has 0 aliphatic heterocycles. The fourth-order valence-electron chi connectivity index (χ4n) is 2.59. The minimum Gasteiger partial charge on any atom is -0.497 e. The van der Waals surface area contributed by atoms with Crippen LogP contribution in [-0.2, 0) is 11.2 Å². The number of unbranched alkanes of at least 4 members (excludes halogenated alkanes) is 2. The first-order valence-corrected chi connectivity index (χ1v) is 9.94. The molecule has 0 saturated carbocycles. The first-order chi connectivity index (χ1) is 14.0. The van der Waals surface area contributed by atoms with Gasteiger partial charge in [-0.2, -0.15) is 4.98 Å². The molecule has 2 N–H and O–H groups in total. The average Bonchev–Trinajstić information content (AvgIpc) is 3.21. The molecule has 2 aromatic rings. The maximum absolute atomic E-state index is 5.40. The van der Waals surface area contributed by atoms with E-state index < -0.39 is 0 Å². The summed E-state index contributed by atoms with van der Waals surface area (Å²) in [6.45, 7) is 5.61. The number of aromatic nitrogens is 2.